The average molecular weight is 669 g/mol. The maximum absolute atomic E-state index is 5.28. The minimum absolute atomic E-state index is 0.883. The second-order valence-corrected chi connectivity index (χ2v) is 14.2. The Morgan fingerprint density at radius 3 is 1.47 bits per heavy atom. The molecule has 1 aliphatic rings. The van der Waals surface area contributed by atoms with Crippen LogP contribution in [-0.4, -0.2) is 9.55 Å². The summed E-state index contributed by atoms with van der Waals surface area (Å²) in [5.41, 5.74) is 14.1. The Kier molecular flexibility index (Phi) is 7.18. The van der Waals surface area contributed by atoms with Gasteiger partial charge < -0.3 is 0 Å². The molecule has 0 amide bonds. The van der Waals surface area contributed by atoms with Crippen molar-refractivity contribution in [1.82, 2.24) is 9.55 Å². The van der Waals surface area contributed by atoms with Gasteiger partial charge >= 0.3 is 0 Å². The fourth-order valence-electron chi connectivity index (χ4n) is 7.46. The van der Waals surface area contributed by atoms with Gasteiger partial charge in [-0.2, -0.15) is 0 Å². The van der Waals surface area contributed by atoms with Crippen molar-refractivity contribution in [2.75, 3.05) is 0 Å². The second kappa shape index (κ2) is 12.3. The molecule has 9 aromatic rings. The van der Waals surface area contributed by atoms with Crippen LogP contribution in [0.1, 0.15) is 5.56 Å². The summed E-state index contributed by atoms with van der Waals surface area (Å²) in [5.74, 6) is 0.883. The third-order valence-corrected chi connectivity index (χ3v) is 11.0. The van der Waals surface area contributed by atoms with E-state index >= 15 is 0 Å². The molecule has 0 bridgehead atoms. The smallest absolute Gasteiger partial charge is 0.174 e. The molecule has 0 atom stereocenters. The number of nitrogens with zero attached hydrogens (tertiary/aromatic N) is 2. The van der Waals surface area contributed by atoms with Crippen LogP contribution >= 0.6 is 11.8 Å². The molecule has 10 rings (SSSR count). The molecule has 2 heterocycles. The van der Waals surface area contributed by atoms with E-state index in [0.29, 0.717) is 0 Å². The summed E-state index contributed by atoms with van der Waals surface area (Å²) in [4.78, 5) is 5.28. The zero-order valence-corrected chi connectivity index (χ0v) is 28.6. The molecule has 1 aromatic heterocycles. The van der Waals surface area contributed by atoms with Gasteiger partial charge in [0.15, 0.2) is 5.16 Å². The van der Waals surface area contributed by atoms with Crippen molar-refractivity contribution in [2.24, 2.45) is 0 Å². The van der Waals surface area contributed by atoms with Crippen molar-refractivity contribution in [3.63, 3.8) is 0 Å². The number of hydrogen-bond acceptors (Lipinski definition) is 2. The van der Waals surface area contributed by atoms with Crippen molar-refractivity contribution in [3.05, 3.63) is 188 Å². The highest BCUT2D eigenvalue weighted by atomic mass is 32.2. The van der Waals surface area contributed by atoms with Gasteiger partial charge in [-0.25, -0.2) is 4.98 Å². The average Bonchev–Trinajstić information content (AvgIpc) is 3.61. The minimum atomic E-state index is 0.883. The molecular weight excluding hydrogens is 637 g/mol. The number of thioether (sulfide) groups is 1. The van der Waals surface area contributed by atoms with Gasteiger partial charge in [0.25, 0.3) is 0 Å². The molecular formula is C48H32N2S. The summed E-state index contributed by atoms with van der Waals surface area (Å²) in [7, 11) is 0. The van der Waals surface area contributed by atoms with Gasteiger partial charge in [0.1, 0.15) is 0 Å². The predicted molar refractivity (Wildman–Crippen MR) is 215 cm³/mol. The molecule has 3 heteroatoms. The van der Waals surface area contributed by atoms with Crippen LogP contribution < -0.4 is 0 Å². The second-order valence-electron chi connectivity index (χ2n) is 13.2. The first-order chi connectivity index (χ1) is 25.2. The number of rotatable bonds is 5. The maximum Gasteiger partial charge on any atom is 0.174 e. The van der Waals surface area contributed by atoms with E-state index in [0.717, 1.165) is 33.4 Å². The van der Waals surface area contributed by atoms with E-state index in [1.54, 1.807) is 0 Å². The van der Waals surface area contributed by atoms with Crippen molar-refractivity contribution in [3.8, 4) is 61.6 Å². The molecule has 0 aliphatic carbocycles. The van der Waals surface area contributed by atoms with Crippen LogP contribution in [0.5, 0.6) is 0 Å². The third kappa shape index (κ3) is 5.34. The molecule has 2 nitrogen and oxygen atoms in total. The van der Waals surface area contributed by atoms with Gasteiger partial charge in [0.05, 0.1) is 17.1 Å². The highest BCUT2D eigenvalue weighted by molar-refractivity contribution is 7.98. The summed E-state index contributed by atoms with van der Waals surface area (Å²) in [6.07, 6.45) is 0. The van der Waals surface area contributed by atoms with E-state index < -0.39 is 0 Å². The highest BCUT2D eigenvalue weighted by Crippen LogP contribution is 2.44. The van der Waals surface area contributed by atoms with Gasteiger partial charge in [0, 0.05) is 16.9 Å². The summed E-state index contributed by atoms with van der Waals surface area (Å²) >= 11 is 1.81. The summed E-state index contributed by atoms with van der Waals surface area (Å²) < 4.78 is 2.39. The van der Waals surface area contributed by atoms with Gasteiger partial charge in [-0.3, -0.25) is 4.57 Å². The lowest BCUT2D eigenvalue weighted by atomic mass is 9.91. The lowest BCUT2D eigenvalue weighted by Gasteiger charge is -2.22. The molecule has 0 radical (unpaired) electrons. The quantitative estimate of drug-likeness (QED) is 0.182. The standard InChI is InChI=1S/C48H32N2S/c1-3-13-34(14-4-1)46-47(35-15-5-2-6-16-35)50-45-30-40(23-24-41(45)31-51-48(50)49-46)44-28-42(38-21-19-32-11-7-9-17-36(32)25-38)27-43(29-44)39-22-20-33-12-8-10-18-37(33)26-39/h1-30H,31H2. The zero-order valence-electron chi connectivity index (χ0n) is 27.8. The monoisotopic (exact) mass is 668 g/mol. The fraction of sp³-hybridized carbons (Fsp3) is 0.0208. The number of aromatic nitrogens is 2. The normalized spacial score (nSPS) is 12.2. The van der Waals surface area contributed by atoms with Crippen LogP contribution in [0.15, 0.2) is 187 Å². The van der Waals surface area contributed by atoms with E-state index in [1.165, 1.54) is 66.2 Å². The van der Waals surface area contributed by atoms with Crippen LogP contribution in [-0.2, 0) is 5.75 Å². The van der Waals surface area contributed by atoms with Crippen molar-refractivity contribution >= 4 is 33.3 Å². The molecule has 0 N–H and O–H groups in total. The Morgan fingerprint density at radius 1 is 0.392 bits per heavy atom. The van der Waals surface area contributed by atoms with Crippen LogP contribution in [0.3, 0.4) is 0 Å². The maximum atomic E-state index is 5.28. The summed E-state index contributed by atoms with van der Waals surface area (Å²) in [6, 6.07) is 66.2. The first kappa shape index (κ1) is 29.7. The van der Waals surface area contributed by atoms with E-state index in [4.69, 9.17) is 4.98 Å². The largest absolute Gasteiger partial charge is 0.286 e. The molecule has 240 valence electrons. The summed E-state index contributed by atoms with van der Waals surface area (Å²) in [5, 5.41) is 6.02. The predicted octanol–water partition coefficient (Wildman–Crippen LogP) is 13.1. The van der Waals surface area contributed by atoms with Crippen molar-refractivity contribution in [1.29, 1.82) is 0 Å². The molecule has 0 spiro atoms. The molecule has 0 saturated heterocycles. The molecule has 1 aliphatic heterocycles. The number of imidazole rings is 1. The van der Waals surface area contributed by atoms with E-state index in [9.17, 15) is 0 Å². The van der Waals surface area contributed by atoms with E-state index in [-0.39, 0.29) is 0 Å². The molecule has 0 fully saturated rings. The zero-order chi connectivity index (χ0) is 33.7. The molecule has 0 saturated carbocycles. The molecule has 8 aromatic carbocycles. The van der Waals surface area contributed by atoms with Crippen LogP contribution in [0.25, 0.3) is 83.1 Å². The van der Waals surface area contributed by atoms with Crippen LogP contribution in [0.4, 0.5) is 0 Å². The third-order valence-electron chi connectivity index (χ3n) is 10.1. The number of fused-ring (bicyclic) bond motifs is 5. The fourth-order valence-corrected chi connectivity index (χ4v) is 8.46. The lowest BCUT2D eigenvalue weighted by molar-refractivity contribution is 0.878. The minimum Gasteiger partial charge on any atom is -0.286 e. The Morgan fingerprint density at radius 2 is 0.882 bits per heavy atom. The Bertz CT molecular complexity index is 2650. The van der Waals surface area contributed by atoms with Crippen molar-refractivity contribution < 1.29 is 0 Å². The Hall–Kier alpha value is -6.16. The topological polar surface area (TPSA) is 17.8 Å². The first-order valence-electron chi connectivity index (χ1n) is 17.4. The Balaban J connectivity index is 1.17. The van der Waals surface area contributed by atoms with E-state index in [1.807, 2.05) is 11.8 Å². The lowest BCUT2D eigenvalue weighted by Crippen LogP contribution is -2.07. The molecule has 0 unspecified atom stereocenters. The van der Waals surface area contributed by atoms with Crippen molar-refractivity contribution in [2.45, 2.75) is 10.9 Å². The van der Waals surface area contributed by atoms with Crippen LogP contribution in [0, 0.1) is 0 Å². The number of benzene rings is 8. The molecule has 51 heavy (non-hydrogen) atoms. The number of hydrogen-bond donors (Lipinski definition) is 0. The Labute approximate surface area is 301 Å². The highest BCUT2D eigenvalue weighted by Gasteiger charge is 2.26. The van der Waals surface area contributed by atoms with Crippen LogP contribution in [0.2, 0.25) is 0 Å². The van der Waals surface area contributed by atoms with Gasteiger partial charge in [-0.15, -0.1) is 0 Å². The van der Waals surface area contributed by atoms with Gasteiger partial charge in [-0.1, -0.05) is 157 Å². The van der Waals surface area contributed by atoms with Gasteiger partial charge in [-0.05, 0) is 96.9 Å². The first-order valence-corrected chi connectivity index (χ1v) is 18.4. The summed E-state index contributed by atoms with van der Waals surface area (Å²) in [6.45, 7) is 0. The van der Waals surface area contributed by atoms with Gasteiger partial charge in [0.2, 0.25) is 0 Å². The van der Waals surface area contributed by atoms with E-state index in [2.05, 4.69) is 187 Å². The SMILES string of the molecule is c1ccc(-c2nc3n(c2-c2ccccc2)-c2cc(-c4cc(-c5ccc6ccccc6c5)cc(-c5ccc6ccccc6c5)c4)ccc2CS3)cc1.